The van der Waals surface area contributed by atoms with E-state index in [2.05, 4.69) is 11.9 Å². The summed E-state index contributed by atoms with van der Waals surface area (Å²) in [5.74, 6) is -0.908. The Balaban J connectivity index is 2.65. The Bertz CT molecular complexity index is 384. The van der Waals surface area contributed by atoms with Crippen molar-refractivity contribution >= 4 is 0 Å². The van der Waals surface area contributed by atoms with Crippen molar-refractivity contribution in [3.63, 3.8) is 0 Å². The molecule has 1 aromatic rings. The van der Waals surface area contributed by atoms with Crippen molar-refractivity contribution in [1.82, 2.24) is 5.32 Å². The molecule has 1 N–H and O–H groups in total. The Hall–Kier alpha value is -1.22. The maximum absolute atomic E-state index is 13.9. The highest BCUT2D eigenvalue weighted by Crippen LogP contribution is 2.25. The predicted molar refractivity (Wildman–Crippen MR) is 80.7 cm³/mol. The van der Waals surface area contributed by atoms with E-state index in [0.717, 1.165) is 45.1 Å². The van der Waals surface area contributed by atoms with E-state index in [1.54, 1.807) is 0 Å². The van der Waals surface area contributed by atoms with E-state index in [-0.39, 0.29) is 11.6 Å². The van der Waals surface area contributed by atoms with E-state index in [0.29, 0.717) is 0 Å². The van der Waals surface area contributed by atoms with Gasteiger partial charge in [0.25, 0.3) is 0 Å². The van der Waals surface area contributed by atoms with Gasteiger partial charge in [-0.15, -0.1) is 6.58 Å². The largest absolute Gasteiger partial charge is 0.310 e. The molecular formula is C17H25F2N. The van der Waals surface area contributed by atoms with Gasteiger partial charge in [0, 0.05) is 11.6 Å². The van der Waals surface area contributed by atoms with Gasteiger partial charge in [0.1, 0.15) is 11.6 Å². The molecule has 3 heteroatoms. The van der Waals surface area contributed by atoms with E-state index in [1.807, 2.05) is 13.0 Å². The van der Waals surface area contributed by atoms with Crippen LogP contribution in [0.1, 0.15) is 57.1 Å². The number of benzene rings is 1. The molecule has 0 radical (unpaired) electrons. The van der Waals surface area contributed by atoms with Gasteiger partial charge in [0.2, 0.25) is 0 Å². The number of nitrogens with one attached hydrogen (secondary N) is 1. The molecular weight excluding hydrogens is 256 g/mol. The second-order valence-corrected chi connectivity index (χ2v) is 5.07. The summed E-state index contributed by atoms with van der Waals surface area (Å²) in [6.45, 7) is 6.51. The smallest absolute Gasteiger partial charge is 0.130 e. The van der Waals surface area contributed by atoms with Crippen molar-refractivity contribution in [3.05, 3.63) is 48.1 Å². The number of allylic oxidation sites excluding steroid dienone is 1. The molecule has 0 fully saturated rings. The molecule has 112 valence electrons. The van der Waals surface area contributed by atoms with Crippen LogP contribution in [-0.4, -0.2) is 6.54 Å². The third-order valence-electron chi connectivity index (χ3n) is 3.39. The number of unbranched alkanes of at least 4 members (excludes halogenated alkanes) is 3. The van der Waals surface area contributed by atoms with Crippen LogP contribution in [0.3, 0.4) is 0 Å². The Kier molecular flexibility index (Phi) is 8.12. The standard InChI is InChI=1S/C17H25F2N/c1-3-5-6-7-8-12-16(20-13-4-2)17-14(18)10-9-11-15(17)19/h3,9-11,16,20H,1,4-8,12-13H2,2H3. The first kappa shape index (κ1) is 16.8. The van der Waals surface area contributed by atoms with Crippen LogP contribution in [0.25, 0.3) is 0 Å². The Morgan fingerprint density at radius 1 is 1.20 bits per heavy atom. The van der Waals surface area contributed by atoms with Crippen LogP contribution in [-0.2, 0) is 0 Å². The average molecular weight is 281 g/mol. The molecule has 0 aliphatic rings. The van der Waals surface area contributed by atoms with Crippen molar-refractivity contribution in [2.45, 2.75) is 51.5 Å². The predicted octanol–water partition coefficient (Wildman–Crippen LogP) is 5.14. The molecule has 0 aliphatic heterocycles. The molecule has 0 amide bonds. The van der Waals surface area contributed by atoms with Crippen LogP contribution in [0.2, 0.25) is 0 Å². The summed E-state index contributed by atoms with van der Waals surface area (Å²) < 4.78 is 27.7. The monoisotopic (exact) mass is 281 g/mol. The van der Waals surface area contributed by atoms with Gasteiger partial charge in [-0.05, 0) is 44.4 Å². The summed E-state index contributed by atoms with van der Waals surface area (Å²) in [6.07, 6.45) is 7.72. The van der Waals surface area contributed by atoms with E-state index < -0.39 is 11.6 Å². The van der Waals surface area contributed by atoms with Crippen LogP contribution < -0.4 is 5.32 Å². The quantitative estimate of drug-likeness (QED) is 0.462. The first-order chi connectivity index (χ1) is 9.70. The fourth-order valence-corrected chi connectivity index (χ4v) is 2.32. The van der Waals surface area contributed by atoms with Crippen LogP contribution in [0.15, 0.2) is 30.9 Å². The second-order valence-electron chi connectivity index (χ2n) is 5.07. The summed E-state index contributed by atoms with van der Waals surface area (Å²) in [5, 5.41) is 3.26. The normalized spacial score (nSPS) is 12.3. The number of rotatable bonds is 10. The topological polar surface area (TPSA) is 12.0 Å². The zero-order valence-electron chi connectivity index (χ0n) is 12.3. The lowest BCUT2D eigenvalue weighted by atomic mass is 9.98. The zero-order chi connectivity index (χ0) is 14.8. The molecule has 0 saturated carbocycles. The van der Waals surface area contributed by atoms with Gasteiger partial charge in [0.05, 0.1) is 0 Å². The highest BCUT2D eigenvalue weighted by Gasteiger charge is 2.18. The third-order valence-corrected chi connectivity index (χ3v) is 3.39. The first-order valence-corrected chi connectivity index (χ1v) is 7.48. The summed E-state index contributed by atoms with van der Waals surface area (Å²) in [6, 6.07) is 3.84. The summed E-state index contributed by atoms with van der Waals surface area (Å²) in [4.78, 5) is 0. The SMILES string of the molecule is C=CCCCCCC(NCCC)c1c(F)cccc1F. The fraction of sp³-hybridized carbons (Fsp3) is 0.529. The third kappa shape index (κ3) is 5.41. The van der Waals surface area contributed by atoms with Crippen molar-refractivity contribution in [1.29, 1.82) is 0 Å². The van der Waals surface area contributed by atoms with Crippen LogP contribution in [0.5, 0.6) is 0 Å². The highest BCUT2D eigenvalue weighted by molar-refractivity contribution is 5.23. The molecule has 1 nitrogen and oxygen atoms in total. The maximum atomic E-state index is 13.9. The fourth-order valence-electron chi connectivity index (χ4n) is 2.32. The van der Waals surface area contributed by atoms with Gasteiger partial charge in [-0.1, -0.05) is 31.9 Å². The molecule has 1 aromatic carbocycles. The summed E-state index contributed by atoms with van der Waals surface area (Å²) in [7, 11) is 0. The average Bonchev–Trinajstić information content (AvgIpc) is 2.43. The van der Waals surface area contributed by atoms with Crippen molar-refractivity contribution in [2.75, 3.05) is 6.54 Å². The van der Waals surface area contributed by atoms with Crippen molar-refractivity contribution in [2.24, 2.45) is 0 Å². The molecule has 1 rings (SSSR count). The van der Waals surface area contributed by atoms with E-state index in [4.69, 9.17) is 0 Å². The van der Waals surface area contributed by atoms with Gasteiger partial charge in [-0.2, -0.15) is 0 Å². The van der Waals surface area contributed by atoms with Gasteiger partial charge < -0.3 is 5.32 Å². The van der Waals surface area contributed by atoms with E-state index in [1.165, 1.54) is 18.2 Å². The molecule has 20 heavy (non-hydrogen) atoms. The Morgan fingerprint density at radius 2 is 1.90 bits per heavy atom. The molecule has 0 saturated heterocycles. The van der Waals surface area contributed by atoms with Gasteiger partial charge >= 0.3 is 0 Å². The van der Waals surface area contributed by atoms with Crippen LogP contribution in [0.4, 0.5) is 8.78 Å². The second kappa shape index (κ2) is 9.65. The Labute approximate surface area is 121 Å². The van der Waals surface area contributed by atoms with Gasteiger partial charge in [-0.3, -0.25) is 0 Å². The number of halogens is 2. The minimum atomic E-state index is -0.454. The van der Waals surface area contributed by atoms with Gasteiger partial charge in [0.15, 0.2) is 0 Å². The first-order valence-electron chi connectivity index (χ1n) is 7.48. The minimum absolute atomic E-state index is 0.185. The highest BCUT2D eigenvalue weighted by atomic mass is 19.1. The zero-order valence-corrected chi connectivity index (χ0v) is 12.3. The molecule has 0 aromatic heterocycles. The maximum Gasteiger partial charge on any atom is 0.130 e. The van der Waals surface area contributed by atoms with E-state index >= 15 is 0 Å². The van der Waals surface area contributed by atoms with E-state index in [9.17, 15) is 8.78 Å². The lowest BCUT2D eigenvalue weighted by Crippen LogP contribution is -2.24. The number of hydrogen-bond donors (Lipinski definition) is 1. The van der Waals surface area contributed by atoms with Crippen LogP contribution in [0, 0.1) is 11.6 Å². The lowest BCUT2D eigenvalue weighted by Gasteiger charge is -2.20. The van der Waals surface area contributed by atoms with Crippen molar-refractivity contribution < 1.29 is 8.78 Å². The molecule has 0 spiro atoms. The summed E-state index contributed by atoms with van der Waals surface area (Å²) >= 11 is 0. The van der Waals surface area contributed by atoms with Gasteiger partial charge in [-0.25, -0.2) is 8.78 Å². The van der Waals surface area contributed by atoms with Crippen LogP contribution >= 0.6 is 0 Å². The Morgan fingerprint density at radius 3 is 2.50 bits per heavy atom. The lowest BCUT2D eigenvalue weighted by molar-refractivity contribution is 0.430. The molecule has 0 aliphatic carbocycles. The number of hydrogen-bond acceptors (Lipinski definition) is 1. The molecule has 1 unspecified atom stereocenters. The molecule has 1 atom stereocenters. The summed E-state index contributed by atoms with van der Waals surface area (Å²) in [5.41, 5.74) is 0.185. The molecule has 0 heterocycles. The molecule has 0 bridgehead atoms. The van der Waals surface area contributed by atoms with Crippen molar-refractivity contribution in [3.8, 4) is 0 Å². The minimum Gasteiger partial charge on any atom is -0.310 e.